The topological polar surface area (TPSA) is 58.4 Å². The summed E-state index contributed by atoms with van der Waals surface area (Å²) in [7, 11) is 0. The molecular formula is C14H23N3O2. The van der Waals surface area contributed by atoms with E-state index < -0.39 is 0 Å². The van der Waals surface area contributed by atoms with E-state index in [1.807, 2.05) is 24.8 Å². The van der Waals surface area contributed by atoms with Crippen molar-refractivity contribution in [1.82, 2.24) is 14.7 Å². The third kappa shape index (κ3) is 2.97. The van der Waals surface area contributed by atoms with E-state index >= 15 is 0 Å². The summed E-state index contributed by atoms with van der Waals surface area (Å²) < 4.78 is 1.79. The van der Waals surface area contributed by atoms with Gasteiger partial charge in [0, 0.05) is 26.2 Å². The molecule has 0 atom stereocenters. The zero-order valence-electron chi connectivity index (χ0n) is 11.8. The van der Waals surface area contributed by atoms with Crippen LogP contribution in [0.5, 0.6) is 0 Å². The molecule has 106 valence electrons. The third-order valence-electron chi connectivity index (χ3n) is 3.87. The first-order valence-electron chi connectivity index (χ1n) is 7.16. The van der Waals surface area contributed by atoms with Crippen molar-refractivity contribution < 1.29 is 9.90 Å². The summed E-state index contributed by atoms with van der Waals surface area (Å²) >= 11 is 0. The van der Waals surface area contributed by atoms with Gasteiger partial charge in [-0.15, -0.1) is 0 Å². The van der Waals surface area contributed by atoms with Gasteiger partial charge in [0.1, 0.15) is 5.69 Å². The van der Waals surface area contributed by atoms with Crippen LogP contribution in [0.1, 0.15) is 42.9 Å². The van der Waals surface area contributed by atoms with Crippen LogP contribution in [0.3, 0.4) is 0 Å². The third-order valence-corrected chi connectivity index (χ3v) is 3.87. The molecule has 1 saturated heterocycles. The normalized spacial score (nSPS) is 16.9. The highest BCUT2D eigenvalue weighted by Gasteiger charge is 2.25. The fourth-order valence-corrected chi connectivity index (χ4v) is 2.54. The summed E-state index contributed by atoms with van der Waals surface area (Å²) in [6.07, 6.45) is 2.63. The quantitative estimate of drug-likeness (QED) is 0.893. The van der Waals surface area contributed by atoms with Crippen molar-refractivity contribution in [1.29, 1.82) is 0 Å². The van der Waals surface area contributed by atoms with Crippen LogP contribution >= 0.6 is 0 Å². The summed E-state index contributed by atoms with van der Waals surface area (Å²) in [5.41, 5.74) is 1.66. The van der Waals surface area contributed by atoms with E-state index in [0.29, 0.717) is 18.2 Å². The van der Waals surface area contributed by atoms with Gasteiger partial charge in [-0.05, 0) is 38.2 Å². The number of aromatic nitrogens is 2. The highest BCUT2D eigenvalue weighted by molar-refractivity contribution is 5.92. The number of hydrogen-bond donors (Lipinski definition) is 1. The lowest BCUT2D eigenvalue weighted by atomic mass is 9.98. The molecule has 0 saturated carbocycles. The van der Waals surface area contributed by atoms with E-state index in [9.17, 15) is 4.79 Å². The van der Waals surface area contributed by atoms with Crippen LogP contribution in [0.4, 0.5) is 0 Å². The lowest BCUT2D eigenvalue weighted by Crippen LogP contribution is -2.40. The van der Waals surface area contributed by atoms with Crippen LogP contribution in [-0.4, -0.2) is 45.4 Å². The minimum atomic E-state index is 0.0745. The number of hydrogen-bond acceptors (Lipinski definition) is 3. The second-order valence-electron chi connectivity index (χ2n) is 5.11. The second kappa shape index (κ2) is 6.19. The largest absolute Gasteiger partial charge is 0.396 e. The van der Waals surface area contributed by atoms with Gasteiger partial charge in [-0.25, -0.2) is 0 Å². The lowest BCUT2D eigenvalue weighted by molar-refractivity contribution is 0.0639. The zero-order chi connectivity index (χ0) is 13.8. The molecule has 1 aromatic rings. The SMILES string of the molecule is CCc1cc(C(=O)N2CCC(CO)CC2)n(CC)n1. The molecule has 5 heteroatoms. The van der Waals surface area contributed by atoms with Crippen LogP contribution < -0.4 is 0 Å². The van der Waals surface area contributed by atoms with Crippen molar-refractivity contribution in [3.63, 3.8) is 0 Å². The Morgan fingerprint density at radius 1 is 1.42 bits per heavy atom. The Morgan fingerprint density at radius 3 is 2.63 bits per heavy atom. The second-order valence-corrected chi connectivity index (χ2v) is 5.11. The number of carbonyl (C=O) groups excluding carboxylic acids is 1. The maximum atomic E-state index is 12.5. The van der Waals surface area contributed by atoms with Crippen molar-refractivity contribution in [3.05, 3.63) is 17.5 Å². The first-order chi connectivity index (χ1) is 9.19. The summed E-state index contributed by atoms with van der Waals surface area (Å²) in [4.78, 5) is 14.4. The maximum absolute atomic E-state index is 12.5. The number of piperidine rings is 1. The first kappa shape index (κ1) is 14.1. The molecule has 1 N–H and O–H groups in total. The van der Waals surface area contributed by atoms with Crippen LogP contribution in [0, 0.1) is 5.92 Å². The van der Waals surface area contributed by atoms with Crippen molar-refractivity contribution in [3.8, 4) is 0 Å². The molecule has 0 aromatic carbocycles. The van der Waals surface area contributed by atoms with Gasteiger partial charge in [0.05, 0.1) is 5.69 Å². The summed E-state index contributed by atoms with van der Waals surface area (Å²) in [6, 6.07) is 1.91. The predicted octanol–water partition coefficient (Wildman–Crippen LogP) is 1.31. The summed E-state index contributed by atoms with van der Waals surface area (Å²) in [5.74, 6) is 0.428. The van der Waals surface area contributed by atoms with Crippen molar-refractivity contribution in [2.24, 2.45) is 5.92 Å². The van der Waals surface area contributed by atoms with Gasteiger partial charge in [0.2, 0.25) is 0 Å². The monoisotopic (exact) mass is 265 g/mol. The van der Waals surface area contributed by atoms with E-state index in [4.69, 9.17) is 5.11 Å². The number of aryl methyl sites for hydroxylation is 2. The molecule has 1 amide bonds. The van der Waals surface area contributed by atoms with Gasteiger partial charge in [-0.2, -0.15) is 5.10 Å². The van der Waals surface area contributed by atoms with Crippen LogP contribution in [-0.2, 0) is 13.0 Å². The van der Waals surface area contributed by atoms with E-state index in [2.05, 4.69) is 5.10 Å². The van der Waals surface area contributed by atoms with E-state index in [0.717, 1.165) is 38.0 Å². The summed E-state index contributed by atoms with van der Waals surface area (Å²) in [5, 5.41) is 13.6. The fraction of sp³-hybridized carbons (Fsp3) is 0.714. The van der Waals surface area contributed by atoms with Crippen LogP contribution in [0.25, 0.3) is 0 Å². The molecule has 0 aliphatic carbocycles. The Morgan fingerprint density at radius 2 is 2.11 bits per heavy atom. The Kier molecular flexibility index (Phi) is 4.58. The molecule has 0 radical (unpaired) electrons. The van der Waals surface area contributed by atoms with Gasteiger partial charge in [0.15, 0.2) is 0 Å². The molecule has 1 aliphatic rings. The van der Waals surface area contributed by atoms with Gasteiger partial charge < -0.3 is 10.0 Å². The Balaban J connectivity index is 2.09. The van der Waals surface area contributed by atoms with E-state index in [1.165, 1.54) is 0 Å². The standard InChI is InChI=1S/C14H23N3O2/c1-3-12-9-13(17(4-2)15-12)14(19)16-7-5-11(10-18)6-8-16/h9,11,18H,3-8,10H2,1-2H3. The van der Waals surface area contributed by atoms with E-state index in [1.54, 1.807) is 4.68 Å². The highest BCUT2D eigenvalue weighted by atomic mass is 16.3. The lowest BCUT2D eigenvalue weighted by Gasteiger charge is -2.31. The molecule has 1 aromatic heterocycles. The molecule has 19 heavy (non-hydrogen) atoms. The Bertz CT molecular complexity index is 434. The maximum Gasteiger partial charge on any atom is 0.272 e. The van der Waals surface area contributed by atoms with E-state index in [-0.39, 0.29) is 12.5 Å². The van der Waals surface area contributed by atoms with Gasteiger partial charge >= 0.3 is 0 Å². The molecule has 1 fully saturated rings. The molecular weight excluding hydrogens is 242 g/mol. The first-order valence-corrected chi connectivity index (χ1v) is 7.16. The molecule has 2 rings (SSSR count). The minimum absolute atomic E-state index is 0.0745. The van der Waals surface area contributed by atoms with Gasteiger partial charge in [-0.1, -0.05) is 6.92 Å². The number of amides is 1. The Labute approximate surface area is 114 Å². The molecule has 0 spiro atoms. The number of rotatable bonds is 4. The van der Waals surface area contributed by atoms with Crippen molar-refractivity contribution in [2.75, 3.05) is 19.7 Å². The van der Waals surface area contributed by atoms with Crippen LogP contribution in [0.2, 0.25) is 0 Å². The fourth-order valence-electron chi connectivity index (χ4n) is 2.54. The smallest absolute Gasteiger partial charge is 0.272 e. The highest BCUT2D eigenvalue weighted by Crippen LogP contribution is 2.19. The number of likely N-dealkylation sites (tertiary alicyclic amines) is 1. The Hall–Kier alpha value is -1.36. The zero-order valence-corrected chi connectivity index (χ0v) is 11.8. The average Bonchev–Trinajstić information content (AvgIpc) is 2.90. The van der Waals surface area contributed by atoms with Gasteiger partial charge in [0.25, 0.3) is 5.91 Å². The molecule has 2 heterocycles. The molecule has 5 nitrogen and oxygen atoms in total. The van der Waals surface area contributed by atoms with Crippen LogP contribution in [0.15, 0.2) is 6.07 Å². The molecule has 1 aliphatic heterocycles. The number of aliphatic hydroxyl groups is 1. The average molecular weight is 265 g/mol. The molecule has 0 unspecified atom stereocenters. The van der Waals surface area contributed by atoms with Gasteiger partial charge in [-0.3, -0.25) is 9.48 Å². The number of aliphatic hydroxyl groups excluding tert-OH is 1. The predicted molar refractivity (Wildman–Crippen MR) is 73.0 cm³/mol. The number of carbonyl (C=O) groups is 1. The summed E-state index contributed by atoms with van der Waals surface area (Å²) in [6.45, 7) is 6.47. The minimum Gasteiger partial charge on any atom is -0.396 e. The molecule has 0 bridgehead atoms. The van der Waals surface area contributed by atoms with Crippen molar-refractivity contribution >= 4 is 5.91 Å². The number of nitrogens with zero attached hydrogens (tertiary/aromatic N) is 3. The van der Waals surface area contributed by atoms with Crippen molar-refractivity contribution in [2.45, 2.75) is 39.7 Å².